The highest BCUT2D eigenvalue weighted by molar-refractivity contribution is 5.69. The summed E-state index contributed by atoms with van der Waals surface area (Å²) in [5, 5.41) is 0. The average molecular weight is 597 g/mol. The molecule has 11 atom stereocenters. The van der Waals surface area contributed by atoms with E-state index >= 15 is 0 Å². The van der Waals surface area contributed by atoms with Crippen molar-refractivity contribution < 1.29 is 38.0 Å². The van der Waals surface area contributed by atoms with Crippen LogP contribution in [-0.4, -0.2) is 71.6 Å². The van der Waals surface area contributed by atoms with Crippen LogP contribution in [-0.2, 0) is 38.0 Å². The second-order valence-electron chi connectivity index (χ2n) is 13.9. The van der Waals surface area contributed by atoms with Crippen LogP contribution in [0.1, 0.15) is 99.3 Å². The molecule has 0 amide bonds. The molecular formula is C34H60O8. The van der Waals surface area contributed by atoms with Gasteiger partial charge in [0.05, 0.1) is 25.4 Å². The molecule has 4 fully saturated rings. The number of esters is 1. The molecule has 0 saturated heterocycles. The molecule has 0 heterocycles. The Morgan fingerprint density at radius 3 is 2.17 bits per heavy atom. The first-order valence-electron chi connectivity index (χ1n) is 16.9. The van der Waals surface area contributed by atoms with Gasteiger partial charge in [-0.1, -0.05) is 20.8 Å². The Morgan fingerprint density at radius 2 is 1.50 bits per heavy atom. The molecule has 0 aromatic heterocycles. The van der Waals surface area contributed by atoms with Gasteiger partial charge in [-0.2, -0.15) is 0 Å². The first-order valence-corrected chi connectivity index (χ1v) is 16.9. The van der Waals surface area contributed by atoms with E-state index < -0.39 is 0 Å². The standard InChI is InChI=1S/C34H60O8/c1-8-37-20-40-25-15-16-33(5)24(17-25)18-29(41-21-38-9-2)32-27-13-12-26(23(4)11-14-31(35)36-7)34(27,6)30(19-28(32)33)42-22-39-10-3/h23-30,32H,8-22H2,1-7H3/t23-,24+,25-,26-,27?,28?,29-,30+,32?,33+,34-/m1/s1. The van der Waals surface area contributed by atoms with Crippen LogP contribution in [0.4, 0.5) is 0 Å². The fourth-order valence-corrected chi connectivity index (χ4v) is 9.95. The normalized spacial score (nSPS) is 40.2. The summed E-state index contributed by atoms with van der Waals surface area (Å²) in [6.45, 7) is 16.5. The van der Waals surface area contributed by atoms with Crippen LogP contribution in [0.5, 0.6) is 0 Å². The molecule has 4 saturated carbocycles. The molecule has 8 nitrogen and oxygen atoms in total. The molecule has 0 spiro atoms. The number of carbonyl (C=O) groups is 1. The van der Waals surface area contributed by atoms with E-state index in [4.69, 9.17) is 33.2 Å². The average Bonchev–Trinajstić information content (AvgIpc) is 3.34. The number of rotatable bonds is 16. The van der Waals surface area contributed by atoms with Crippen molar-refractivity contribution in [1.82, 2.24) is 0 Å². The molecule has 3 unspecified atom stereocenters. The summed E-state index contributed by atoms with van der Waals surface area (Å²) in [7, 11) is 1.48. The molecular weight excluding hydrogens is 536 g/mol. The van der Waals surface area contributed by atoms with Crippen molar-refractivity contribution in [3.8, 4) is 0 Å². The number of hydrogen-bond donors (Lipinski definition) is 0. The van der Waals surface area contributed by atoms with Crippen molar-refractivity contribution in [2.24, 2.45) is 46.3 Å². The summed E-state index contributed by atoms with van der Waals surface area (Å²) in [5.74, 6) is 2.74. The monoisotopic (exact) mass is 596 g/mol. The lowest BCUT2D eigenvalue weighted by atomic mass is 9.43. The van der Waals surface area contributed by atoms with Crippen LogP contribution in [0.3, 0.4) is 0 Å². The number of carbonyl (C=O) groups excluding carboxylic acids is 1. The van der Waals surface area contributed by atoms with Crippen molar-refractivity contribution in [3.05, 3.63) is 0 Å². The topological polar surface area (TPSA) is 81.7 Å². The van der Waals surface area contributed by atoms with Gasteiger partial charge in [0.25, 0.3) is 0 Å². The third-order valence-corrected chi connectivity index (χ3v) is 12.2. The predicted molar refractivity (Wildman–Crippen MR) is 160 cm³/mol. The molecule has 0 aliphatic heterocycles. The largest absolute Gasteiger partial charge is 0.469 e. The van der Waals surface area contributed by atoms with Crippen LogP contribution >= 0.6 is 0 Å². The maximum Gasteiger partial charge on any atom is 0.305 e. The number of methoxy groups -OCH3 is 1. The Bertz CT molecular complexity index is 838. The first kappa shape index (κ1) is 34.1. The van der Waals surface area contributed by atoms with Crippen LogP contribution in [0.15, 0.2) is 0 Å². The number of hydrogen-bond acceptors (Lipinski definition) is 8. The van der Waals surface area contributed by atoms with Crippen LogP contribution in [0.2, 0.25) is 0 Å². The van der Waals surface area contributed by atoms with Crippen molar-refractivity contribution in [1.29, 1.82) is 0 Å². The Kier molecular flexibility index (Phi) is 12.6. The summed E-state index contributed by atoms with van der Waals surface area (Å²) < 4.78 is 41.7. The van der Waals surface area contributed by atoms with E-state index in [0.717, 1.165) is 44.9 Å². The molecule has 8 heteroatoms. The van der Waals surface area contributed by atoms with E-state index in [-0.39, 0.29) is 35.1 Å². The van der Waals surface area contributed by atoms with Crippen LogP contribution in [0, 0.1) is 46.3 Å². The zero-order valence-corrected chi connectivity index (χ0v) is 27.6. The summed E-state index contributed by atoms with van der Waals surface area (Å²) in [6, 6.07) is 0. The first-order chi connectivity index (χ1) is 20.2. The van der Waals surface area contributed by atoms with Gasteiger partial charge in [-0.3, -0.25) is 4.79 Å². The minimum absolute atomic E-state index is 0.0119. The lowest BCUT2D eigenvalue weighted by molar-refractivity contribution is -0.252. The fourth-order valence-electron chi connectivity index (χ4n) is 9.95. The fraction of sp³-hybridized carbons (Fsp3) is 0.971. The highest BCUT2D eigenvalue weighted by Gasteiger charge is 2.66. The minimum atomic E-state index is -0.120. The summed E-state index contributed by atoms with van der Waals surface area (Å²) in [6.07, 6.45) is 9.53. The second kappa shape index (κ2) is 15.5. The van der Waals surface area contributed by atoms with E-state index in [1.54, 1.807) is 0 Å². The van der Waals surface area contributed by atoms with Gasteiger partial charge in [-0.25, -0.2) is 0 Å². The summed E-state index contributed by atoms with van der Waals surface area (Å²) in [4.78, 5) is 12.0. The third-order valence-electron chi connectivity index (χ3n) is 12.2. The van der Waals surface area contributed by atoms with Gasteiger partial charge in [-0.05, 0) is 113 Å². The van der Waals surface area contributed by atoms with E-state index in [0.29, 0.717) is 82.1 Å². The van der Waals surface area contributed by atoms with Gasteiger partial charge in [0, 0.05) is 31.7 Å². The Hall–Kier alpha value is -0.770. The SMILES string of the molecule is CCOCO[C@@H]1CC[C@]2(C)C3C[C@H](OCOCC)[C@@]4(C)C(CC[C@@H]4[C@H](C)CCC(=O)OC)C3[C@H](OCOCC)C[C@@H]2C1. The second-order valence-corrected chi connectivity index (χ2v) is 13.9. The molecule has 0 aromatic rings. The van der Waals surface area contributed by atoms with Crippen LogP contribution in [0.25, 0.3) is 0 Å². The van der Waals surface area contributed by atoms with Gasteiger partial charge < -0.3 is 33.2 Å². The van der Waals surface area contributed by atoms with E-state index in [9.17, 15) is 4.79 Å². The van der Waals surface area contributed by atoms with E-state index in [1.165, 1.54) is 13.5 Å². The van der Waals surface area contributed by atoms with E-state index in [2.05, 4.69) is 20.8 Å². The molecule has 4 rings (SSSR count). The molecule has 4 aliphatic rings. The van der Waals surface area contributed by atoms with Crippen molar-refractivity contribution in [2.75, 3.05) is 47.3 Å². The predicted octanol–water partition coefficient (Wildman–Crippen LogP) is 6.59. The van der Waals surface area contributed by atoms with E-state index in [1.807, 2.05) is 20.8 Å². The van der Waals surface area contributed by atoms with Gasteiger partial charge in [-0.15, -0.1) is 0 Å². The van der Waals surface area contributed by atoms with Gasteiger partial charge in [0.1, 0.15) is 20.4 Å². The number of ether oxygens (including phenoxy) is 7. The van der Waals surface area contributed by atoms with Crippen molar-refractivity contribution in [2.45, 2.75) is 118 Å². The Labute approximate surface area is 255 Å². The zero-order valence-electron chi connectivity index (χ0n) is 27.6. The van der Waals surface area contributed by atoms with Crippen LogP contribution < -0.4 is 0 Å². The summed E-state index contributed by atoms with van der Waals surface area (Å²) in [5.41, 5.74) is 0.201. The Balaban J connectivity index is 1.63. The molecule has 42 heavy (non-hydrogen) atoms. The van der Waals surface area contributed by atoms with Crippen molar-refractivity contribution in [3.63, 3.8) is 0 Å². The van der Waals surface area contributed by atoms with Gasteiger partial charge >= 0.3 is 5.97 Å². The van der Waals surface area contributed by atoms with Gasteiger partial charge in [0.2, 0.25) is 0 Å². The minimum Gasteiger partial charge on any atom is -0.469 e. The zero-order chi connectivity index (χ0) is 30.3. The molecule has 4 aliphatic carbocycles. The molecule has 0 N–H and O–H groups in total. The maximum atomic E-state index is 12.0. The highest BCUT2D eigenvalue weighted by atomic mass is 16.7. The quantitative estimate of drug-likeness (QED) is 0.112. The van der Waals surface area contributed by atoms with Gasteiger partial charge in [0.15, 0.2) is 0 Å². The smallest absolute Gasteiger partial charge is 0.305 e. The molecule has 244 valence electrons. The molecule has 0 bridgehead atoms. The molecule has 0 radical (unpaired) electrons. The maximum absolute atomic E-state index is 12.0. The highest BCUT2D eigenvalue weighted by Crippen LogP contribution is 2.69. The lowest BCUT2D eigenvalue weighted by Gasteiger charge is -2.64. The Morgan fingerprint density at radius 1 is 0.833 bits per heavy atom. The molecule has 0 aromatic carbocycles. The lowest BCUT2D eigenvalue weighted by Crippen LogP contribution is -2.63. The number of fused-ring (bicyclic) bond motifs is 5. The third kappa shape index (κ3) is 7.04. The summed E-state index contributed by atoms with van der Waals surface area (Å²) >= 11 is 0. The van der Waals surface area contributed by atoms with Crippen molar-refractivity contribution >= 4 is 5.97 Å².